The van der Waals surface area contributed by atoms with Crippen molar-refractivity contribution in [1.29, 1.82) is 0 Å². The largest absolute Gasteiger partial charge is 0.442 e. The van der Waals surface area contributed by atoms with Gasteiger partial charge in [-0.05, 0) is 24.6 Å². The molecular formula is C21H18N4O6. The molecule has 0 aliphatic rings. The number of ether oxygens (including phenoxy) is 1. The smallest absolute Gasteiger partial charge is 0.359 e. The van der Waals surface area contributed by atoms with Gasteiger partial charge in [-0.2, -0.15) is 5.10 Å². The van der Waals surface area contributed by atoms with E-state index in [2.05, 4.69) is 10.4 Å². The summed E-state index contributed by atoms with van der Waals surface area (Å²) in [6, 6.07) is 14.9. The highest BCUT2D eigenvalue weighted by molar-refractivity contribution is 5.99. The van der Waals surface area contributed by atoms with E-state index >= 15 is 0 Å². The van der Waals surface area contributed by atoms with Gasteiger partial charge in [0.25, 0.3) is 17.2 Å². The van der Waals surface area contributed by atoms with Crippen LogP contribution in [0, 0.1) is 17.0 Å². The Balaban J connectivity index is 1.92. The Morgan fingerprint density at radius 1 is 1.13 bits per heavy atom. The third-order valence-electron chi connectivity index (χ3n) is 4.34. The van der Waals surface area contributed by atoms with Crippen LogP contribution in [-0.4, -0.2) is 26.6 Å². The van der Waals surface area contributed by atoms with Gasteiger partial charge in [-0.1, -0.05) is 36.4 Å². The fraction of sp³-hybridized carbons (Fsp3) is 0.143. The van der Waals surface area contributed by atoms with Crippen LogP contribution in [0.4, 0.5) is 11.4 Å². The van der Waals surface area contributed by atoms with Crippen molar-refractivity contribution in [2.24, 2.45) is 7.05 Å². The maximum absolute atomic E-state index is 13.0. The molecule has 158 valence electrons. The van der Waals surface area contributed by atoms with Crippen LogP contribution in [0.25, 0.3) is 0 Å². The third-order valence-corrected chi connectivity index (χ3v) is 4.34. The predicted molar refractivity (Wildman–Crippen MR) is 111 cm³/mol. The lowest BCUT2D eigenvalue weighted by Gasteiger charge is -2.18. The molecule has 1 heterocycles. The molecule has 3 aromatic rings. The molecule has 0 aliphatic heterocycles. The normalized spacial score (nSPS) is 11.4. The number of aryl methyl sites for hydroxylation is 2. The Bertz CT molecular complexity index is 1210. The number of nitrogens with zero attached hydrogens (tertiary/aromatic N) is 3. The first-order valence-electron chi connectivity index (χ1n) is 9.12. The Labute approximate surface area is 176 Å². The van der Waals surface area contributed by atoms with Crippen LogP contribution in [0.3, 0.4) is 0 Å². The number of nitrogens with one attached hydrogen (secondary N) is 1. The molecule has 0 aliphatic carbocycles. The van der Waals surface area contributed by atoms with Gasteiger partial charge in [-0.15, -0.1) is 0 Å². The van der Waals surface area contributed by atoms with Crippen LogP contribution in [0.15, 0.2) is 65.5 Å². The molecule has 1 atom stereocenters. The van der Waals surface area contributed by atoms with Crippen LogP contribution in [0.1, 0.15) is 27.7 Å². The van der Waals surface area contributed by atoms with Gasteiger partial charge in [0.15, 0.2) is 5.69 Å². The molecule has 31 heavy (non-hydrogen) atoms. The van der Waals surface area contributed by atoms with Crippen molar-refractivity contribution in [2.45, 2.75) is 13.0 Å². The molecule has 2 aromatic carbocycles. The zero-order valence-corrected chi connectivity index (χ0v) is 16.6. The fourth-order valence-electron chi connectivity index (χ4n) is 2.78. The van der Waals surface area contributed by atoms with Gasteiger partial charge in [-0.25, -0.2) is 9.48 Å². The third kappa shape index (κ3) is 4.99. The second-order valence-electron chi connectivity index (χ2n) is 6.64. The number of nitro benzene ring substituents is 1. The highest BCUT2D eigenvalue weighted by Gasteiger charge is 2.28. The summed E-state index contributed by atoms with van der Waals surface area (Å²) >= 11 is 0. The van der Waals surface area contributed by atoms with Crippen molar-refractivity contribution in [3.05, 3.63) is 98.0 Å². The molecule has 0 fully saturated rings. The lowest BCUT2D eigenvalue weighted by atomic mass is 10.1. The van der Waals surface area contributed by atoms with Crippen molar-refractivity contribution in [1.82, 2.24) is 9.78 Å². The number of hydrogen-bond acceptors (Lipinski definition) is 7. The van der Waals surface area contributed by atoms with Gasteiger partial charge in [0, 0.05) is 24.7 Å². The van der Waals surface area contributed by atoms with Crippen LogP contribution in [0.2, 0.25) is 0 Å². The van der Waals surface area contributed by atoms with Gasteiger partial charge in [0.2, 0.25) is 6.10 Å². The van der Waals surface area contributed by atoms with E-state index in [1.54, 1.807) is 43.3 Å². The minimum absolute atomic E-state index is 0.0298. The highest BCUT2D eigenvalue weighted by Crippen LogP contribution is 2.28. The first-order valence-corrected chi connectivity index (χ1v) is 9.12. The number of carbonyl (C=O) groups excluding carboxylic acids is 2. The highest BCUT2D eigenvalue weighted by atomic mass is 16.6. The first kappa shape index (κ1) is 21.4. The van der Waals surface area contributed by atoms with E-state index in [0.29, 0.717) is 11.1 Å². The second kappa shape index (κ2) is 8.99. The summed E-state index contributed by atoms with van der Waals surface area (Å²) in [6.07, 6.45) is -1.41. The average molecular weight is 422 g/mol. The molecule has 3 rings (SSSR count). The van der Waals surface area contributed by atoms with Gasteiger partial charge >= 0.3 is 5.97 Å². The van der Waals surface area contributed by atoms with Crippen molar-refractivity contribution in [3.63, 3.8) is 0 Å². The molecular weight excluding hydrogens is 404 g/mol. The van der Waals surface area contributed by atoms with Crippen LogP contribution >= 0.6 is 0 Å². The number of amides is 1. The van der Waals surface area contributed by atoms with E-state index in [-0.39, 0.29) is 17.1 Å². The molecule has 0 radical (unpaired) electrons. The number of rotatable bonds is 6. The topological polar surface area (TPSA) is 133 Å². The molecule has 10 heteroatoms. The Hall–Kier alpha value is -4.34. The molecule has 0 spiro atoms. The van der Waals surface area contributed by atoms with Gasteiger partial charge in [0.1, 0.15) is 5.69 Å². The molecule has 1 unspecified atom stereocenters. The molecule has 1 amide bonds. The Kier molecular flexibility index (Phi) is 6.20. The summed E-state index contributed by atoms with van der Waals surface area (Å²) < 4.78 is 6.34. The number of aromatic nitrogens is 2. The Morgan fingerprint density at radius 3 is 2.48 bits per heavy atom. The quantitative estimate of drug-likeness (QED) is 0.366. The van der Waals surface area contributed by atoms with Gasteiger partial charge < -0.3 is 10.1 Å². The molecule has 0 bridgehead atoms. The molecule has 10 nitrogen and oxygen atoms in total. The minimum Gasteiger partial charge on any atom is -0.442 e. The Morgan fingerprint density at radius 2 is 1.84 bits per heavy atom. The number of hydrogen-bond donors (Lipinski definition) is 1. The van der Waals surface area contributed by atoms with E-state index in [9.17, 15) is 24.5 Å². The van der Waals surface area contributed by atoms with Crippen LogP contribution in [-0.2, 0) is 16.6 Å². The SMILES string of the molecule is Cc1ccc(NC(=O)C(OC(=O)c2ccc(=O)n(C)n2)c2ccccc2)c([N+](=O)[O-])c1. The minimum atomic E-state index is -1.41. The van der Waals surface area contributed by atoms with Crippen molar-refractivity contribution in [3.8, 4) is 0 Å². The molecule has 0 saturated carbocycles. The predicted octanol–water partition coefficient (Wildman–Crippen LogP) is 2.53. The summed E-state index contributed by atoms with van der Waals surface area (Å²) in [6.45, 7) is 1.69. The summed E-state index contributed by atoms with van der Waals surface area (Å²) in [4.78, 5) is 47.8. The van der Waals surface area contributed by atoms with E-state index in [1.165, 1.54) is 25.2 Å². The van der Waals surface area contributed by atoms with Crippen molar-refractivity contribution >= 4 is 23.3 Å². The number of benzene rings is 2. The molecule has 1 N–H and O–H groups in total. The maximum Gasteiger partial charge on any atom is 0.359 e. The van der Waals surface area contributed by atoms with Crippen molar-refractivity contribution < 1.29 is 19.2 Å². The number of nitro groups is 1. The van der Waals surface area contributed by atoms with Crippen LogP contribution in [0.5, 0.6) is 0 Å². The first-order chi connectivity index (χ1) is 14.8. The monoisotopic (exact) mass is 422 g/mol. The summed E-state index contributed by atoms with van der Waals surface area (Å²) in [5.41, 5.74) is 0.103. The standard InChI is InChI=1S/C21H18N4O6/c1-13-8-9-15(17(12-13)25(29)30)22-20(27)19(14-6-4-3-5-7-14)31-21(28)16-10-11-18(26)24(2)23-16/h3-12,19H,1-2H3,(H,22,27). The lowest BCUT2D eigenvalue weighted by molar-refractivity contribution is -0.384. The number of carbonyl (C=O) groups is 2. The number of esters is 1. The molecule has 1 aromatic heterocycles. The summed E-state index contributed by atoms with van der Waals surface area (Å²) in [7, 11) is 1.37. The lowest BCUT2D eigenvalue weighted by Crippen LogP contribution is -2.28. The second-order valence-corrected chi connectivity index (χ2v) is 6.64. The number of anilines is 1. The van der Waals surface area contributed by atoms with E-state index in [4.69, 9.17) is 4.74 Å². The summed E-state index contributed by atoms with van der Waals surface area (Å²) in [5, 5.41) is 17.6. The average Bonchev–Trinajstić information content (AvgIpc) is 2.75. The van der Waals surface area contributed by atoms with Gasteiger partial charge in [0.05, 0.1) is 4.92 Å². The van der Waals surface area contributed by atoms with Crippen molar-refractivity contribution in [2.75, 3.05) is 5.32 Å². The van der Waals surface area contributed by atoms with E-state index < -0.39 is 28.5 Å². The van der Waals surface area contributed by atoms with Gasteiger partial charge in [-0.3, -0.25) is 19.7 Å². The zero-order chi connectivity index (χ0) is 22.5. The zero-order valence-electron chi connectivity index (χ0n) is 16.6. The van der Waals surface area contributed by atoms with E-state index in [1.807, 2.05) is 0 Å². The van der Waals surface area contributed by atoms with Crippen LogP contribution < -0.4 is 10.9 Å². The maximum atomic E-state index is 13.0. The summed E-state index contributed by atoms with van der Waals surface area (Å²) in [5.74, 6) is -1.71. The fourth-order valence-corrected chi connectivity index (χ4v) is 2.78. The van der Waals surface area contributed by atoms with E-state index in [0.717, 1.165) is 10.7 Å². The molecule has 0 saturated heterocycles.